The van der Waals surface area contributed by atoms with Crippen LogP contribution >= 0.6 is 0 Å². The predicted octanol–water partition coefficient (Wildman–Crippen LogP) is 4.65. The average molecular weight is 260 g/mol. The summed E-state index contributed by atoms with van der Waals surface area (Å²) in [6, 6.07) is 15.5. The van der Waals surface area contributed by atoms with Crippen molar-refractivity contribution in [2.75, 3.05) is 0 Å². The zero-order valence-corrected chi connectivity index (χ0v) is 9.75. The molecule has 3 aromatic rings. The van der Waals surface area contributed by atoms with Gasteiger partial charge in [-0.25, -0.2) is 0 Å². The van der Waals surface area contributed by atoms with Crippen molar-refractivity contribution in [3.63, 3.8) is 0 Å². The van der Waals surface area contributed by atoms with E-state index in [4.69, 9.17) is 0 Å². The van der Waals surface area contributed by atoms with Crippen LogP contribution in [0.1, 0.15) is 5.56 Å². The maximum atomic E-state index is 12.5. The van der Waals surface area contributed by atoms with Crippen LogP contribution < -0.4 is 0 Å². The quantitative estimate of drug-likeness (QED) is 0.655. The molecule has 3 rings (SSSR count). The van der Waals surface area contributed by atoms with Crippen molar-refractivity contribution in [2.24, 2.45) is 0 Å². The Morgan fingerprint density at radius 1 is 1.00 bits per heavy atom. The van der Waals surface area contributed by atoms with Gasteiger partial charge in [0.25, 0.3) is 0 Å². The summed E-state index contributed by atoms with van der Waals surface area (Å²) >= 11 is 0. The Morgan fingerprint density at radius 2 is 1.74 bits per heavy atom. The van der Waals surface area contributed by atoms with Crippen molar-refractivity contribution < 1.29 is 13.2 Å². The number of nitrogens with one attached hydrogen (secondary N) is 1. The van der Waals surface area contributed by atoms with Crippen LogP contribution in [0.5, 0.6) is 0 Å². The van der Waals surface area contributed by atoms with Gasteiger partial charge < -0.3 is 4.98 Å². The molecular weight excluding hydrogens is 251 g/mol. The third-order valence-electron chi connectivity index (χ3n) is 2.99. The summed E-state index contributed by atoms with van der Waals surface area (Å²) in [6.45, 7) is 0. The van der Waals surface area contributed by atoms with Crippen LogP contribution in [0.2, 0.25) is 0 Å². The number of hydrogen-bond acceptors (Lipinski definition) is 0. The van der Waals surface area contributed by atoms with Crippen molar-refractivity contribution >= 4 is 10.9 Å². The molecule has 1 radical (unpaired) electrons. The fourth-order valence-electron chi connectivity index (χ4n) is 2.01. The van der Waals surface area contributed by atoms with E-state index in [1.807, 2.05) is 18.2 Å². The number of benzene rings is 2. The van der Waals surface area contributed by atoms with Crippen LogP contribution in [0.3, 0.4) is 0 Å². The molecule has 0 atom stereocenters. The fraction of sp³-hybridized carbons (Fsp3) is 0.0667. The van der Waals surface area contributed by atoms with E-state index >= 15 is 0 Å². The van der Waals surface area contributed by atoms with Gasteiger partial charge >= 0.3 is 6.18 Å². The van der Waals surface area contributed by atoms with Crippen LogP contribution in [-0.4, -0.2) is 4.98 Å². The molecule has 0 aliphatic carbocycles. The minimum absolute atomic E-state index is 0.638. The monoisotopic (exact) mass is 260 g/mol. The third-order valence-corrected chi connectivity index (χ3v) is 2.99. The number of hydrogen-bond donors (Lipinski definition) is 1. The molecule has 1 aromatic heterocycles. The highest BCUT2D eigenvalue weighted by Gasteiger charge is 2.29. The molecule has 0 fully saturated rings. The van der Waals surface area contributed by atoms with Crippen molar-refractivity contribution in [1.29, 1.82) is 0 Å². The maximum Gasteiger partial charge on any atom is 0.416 e. The van der Waals surface area contributed by atoms with Gasteiger partial charge in [-0.3, -0.25) is 0 Å². The lowest BCUT2D eigenvalue weighted by Gasteiger charge is -2.06. The number of H-pyrrole nitrogens is 1. The van der Waals surface area contributed by atoms with Crippen molar-refractivity contribution in [3.05, 3.63) is 60.2 Å². The summed E-state index contributed by atoms with van der Waals surface area (Å²) in [5.41, 5.74) is 1.82. The highest BCUT2D eigenvalue weighted by Crippen LogP contribution is 2.31. The van der Waals surface area contributed by atoms with E-state index in [1.165, 1.54) is 12.1 Å². The first-order valence-electron chi connectivity index (χ1n) is 5.70. The molecule has 0 aliphatic heterocycles. The SMILES string of the molecule is FC(F)(F)c1ccc(-c2cc3c[c]ccc3[nH]2)cc1. The molecular formula is C15H9F3N. The summed E-state index contributed by atoms with van der Waals surface area (Å²) in [7, 11) is 0. The Morgan fingerprint density at radius 3 is 2.37 bits per heavy atom. The normalized spacial score (nSPS) is 11.9. The second-order valence-corrected chi connectivity index (χ2v) is 4.27. The number of rotatable bonds is 1. The van der Waals surface area contributed by atoms with Crippen molar-refractivity contribution in [2.45, 2.75) is 6.18 Å². The molecule has 0 unspecified atom stereocenters. The first-order chi connectivity index (χ1) is 9.04. The largest absolute Gasteiger partial charge is 0.416 e. The molecule has 0 saturated carbocycles. The zero-order valence-electron chi connectivity index (χ0n) is 9.75. The molecule has 4 heteroatoms. The van der Waals surface area contributed by atoms with Gasteiger partial charge in [0.05, 0.1) is 5.56 Å². The summed E-state index contributed by atoms with van der Waals surface area (Å²) in [5, 5.41) is 0.984. The Balaban J connectivity index is 2.02. The first kappa shape index (κ1) is 11.8. The van der Waals surface area contributed by atoms with E-state index < -0.39 is 11.7 Å². The van der Waals surface area contributed by atoms with Gasteiger partial charge in [-0.1, -0.05) is 18.2 Å². The summed E-state index contributed by atoms with van der Waals surface area (Å²) in [6.07, 6.45) is -4.30. The molecule has 0 spiro atoms. The lowest BCUT2D eigenvalue weighted by Crippen LogP contribution is -2.03. The molecule has 0 saturated heterocycles. The van der Waals surface area contributed by atoms with Gasteiger partial charge in [0, 0.05) is 16.6 Å². The van der Waals surface area contributed by atoms with Gasteiger partial charge in [0.15, 0.2) is 0 Å². The summed E-state index contributed by atoms with van der Waals surface area (Å²) in [4.78, 5) is 3.17. The van der Waals surface area contributed by atoms with E-state index in [-0.39, 0.29) is 0 Å². The Kier molecular flexibility index (Phi) is 2.59. The van der Waals surface area contributed by atoms with Gasteiger partial charge in [-0.05, 0) is 42.0 Å². The van der Waals surface area contributed by atoms with Crippen molar-refractivity contribution in [1.82, 2.24) is 4.98 Å². The second kappa shape index (κ2) is 4.16. The Labute approximate surface area is 107 Å². The topological polar surface area (TPSA) is 15.8 Å². The number of fused-ring (bicyclic) bond motifs is 1. The van der Waals surface area contributed by atoms with Crippen LogP contribution in [0.15, 0.2) is 48.5 Å². The minimum atomic E-state index is -4.30. The second-order valence-electron chi connectivity index (χ2n) is 4.27. The number of halogens is 3. The van der Waals surface area contributed by atoms with Crippen LogP contribution in [0, 0.1) is 6.07 Å². The number of alkyl halides is 3. The fourth-order valence-corrected chi connectivity index (χ4v) is 2.01. The lowest BCUT2D eigenvalue weighted by molar-refractivity contribution is -0.137. The van der Waals surface area contributed by atoms with Crippen molar-refractivity contribution in [3.8, 4) is 11.3 Å². The number of aromatic nitrogens is 1. The molecule has 0 aliphatic rings. The smallest absolute Gasteiger partial charge is 0.355 e. The average Bonchev–Trinajstić information content (AvgIpc) is 2.81. The predicted molar refractivity (Wildman–Crippen MR) is 67.6 cm³/mol. The van der Waals surface area contributed by atoms with E-state index in [0.717, 1.165) is 34.3 Å². The number of aromatic amines is 1. The van der Waals surface area contributed by atoms with Gasteiger partial charge in [0.2, 0.25) is 0 Å². The highest BCUT2D eigenvalue weighted by atomic mass is 19.4. The minimum Gasteiger partial charge on any atom is -0.355 e. The lowest BCUT2D eigenvalue weighted by atomic mass is 10.1. The van der Waals surface area contributed by atoms with Gasteiger partial charge in [-0.15, -0.1) is 0 Å². The molecule has 2 aromatic carbocycles. The summed E-state index contributed by atoms with van der Waals surface area (Å²) < 4.78 is 37.4. The van der Waals surface area contributed by atoms with E-state index in [9.17, 15) is 13.2 Å². The van der Waals surface area contributed by atoms with Crippen LogP contribution in [-0.2, 0) is 6.18 Å². The third kappa shape index (κ3) is 2.21. The zero-order chi connectivity index (χ0) is 13.5. The molecule has 1 heterocycles. The summed E-state index contributed by atoms with van der Waals surface area (Å²) in [5.74, 6) is 0. The van der Waals surface area contributed by atoms with Gasteiger partial charge in [0.1, 0.15) is 0 Å². The standard InChI is InChI=1S/C15H9F3N/c16-15(17,18)12-7-5-10(6-8-12)14-9-11-3-1-2-4-13(11)19-14/h2-9,19H. The first-order valence-corrected chi connectivity index (χ1v) is 5.70. The maximum absolute atomic E-state index is 12.5. The van der Waals surface area contributed by atoms with E-state index in [1.54, 1.807) is 6.07 Å². The molecule has 0 bridgehead atoms. The Hall–Kier alpha value is -2.23. The molecule has 0 amide bonds. The van der Waals surface area contributed by atoms with Crippen LogP contribution in [0.4, 0.5) is 13.2 Å². The van der Waals surface area contributed by atoms with Crippen LogP contribution in [0.25, 0.3) is 22.2 Å². The molecule has 1 N–H and O–H groups in total. The molecule has 95 valence electrons. The highest BCUT2D eigenvalue weighted by molar-refractivity contribution is 5.85. The van der Waals surface area contributed by atoms with E-state index in [0.29, 0.717) is 0 Å². The molecule has 1 nitrogen and oxygen atoms in total. The van der Waals surface area contributed by atoms with E-state index in [2.05, 4.69) is 11.1 Å². The molecule has 19 heavy (non-hydrogen) atoms. The van der Waals surface area contributed by atoms with Gasteiger partial charge in [-0.2, -0.15) is 13.2 Å². The Bertz CT molecular complexity index is 675.